The van der Waals surface area contributed by atoms with Crippen molar-refractivity contribution in [1.29, 1.82) is 0 Å². The molecule has 8 heteroatoms. The van der Waals surface area contributed by atoms with E-state index in [9.17, 15) is 9.59 Å². The molecule has 106 valence electrons. The van der Waals surface area contributed by atoms with Crippen molar-refractivity contribution in [1.82, 2.24) is 20.1 Å². The van der Waals surface area contributed by atoms with E-state index >= 15 is 0 Å². The average molecular weight is 286 g/mol. The van der Waals surface area contributed by atoms with Gasteiger partial charge in [0, 0.05) is 18.3 Å². The highest BCUT2D eigenvalue weighted by molar-refractivity contribution is 7.99. The number of thioether (sulfide) groups is 1. The molecule has 1 atom stereocenters. The lowest BCUT2D eigenvalue weighted by molar-refractivity contribution is -0.139. The largest absolute Gasteiger partial charge is 0.480 e. The van der Waals surface area contributed by atoms with Crippen LogP contribution in [0.5, 0.6) is 0 Å². The lowest BCUT2D eigenvalue weighted by Gasteiger charge is -2.13. The molecule has 1 aliphatic carbocycles. The second-order valence-corrected chi connectivity index (χ2v) is 5.59. The van der Waals surface area contributed by atoms with Crippen molar-refractivity contribution >= 4 is 17.7 Å². The van der Waals surface area contributed by atoms with Crippen molar-refractivity contribution in [2.24, 2.45) is 0 Å². The topological polar surface area (TPSA) is 100 Å². The Bertz CT molecular complexity index is 494. The molecule has 0 bridgehead atoms. The number of hydrogen-bond donors (Lipinski definition) is 3. The van der Waals surface area contributed by atoms with Gasteiger partial charge < -0.3 is 10.4 Å². The van der Waals surface area contributed by atoms with Crippen LogP contribution in [-0.2, 0) is 11.3 Å². The van der Waals surface area contributed by atoms with Crippen LogP contribution < -0.4 is 11.0 Å². The Morgan fingerprint density at radius 3 is 3.00 bits per heavy atom. The lowest BCUT2D eigenvalue weighted by atomic mass is 10.2. The van der Waals surface area contributed by atoms with Gasteiger partial charge in [-0.3, -0.25) is 9.36 Å². The van der Waals surface area contributed by atoms with Gasteiger partial charge in [-0.05, 0) is 26.2 Å². The van der Waals surface area contributed by atoms with Crippen LogP contribution in [0.4, 0.5) is 0 Å². The van der Waals surface area contributed by atoms with Crippen molar-refractivity contribution in [3.63, 3.8) is 0 Å². The van der Waals surface area contributed by atoms with E-state index < -0.39 is 12.0 Å². The molecule has 1 unspecified atom stereocenters. The third-order valence-corrected chi connectivity index (χ3v) is 4.00. The van der Waals surface area contributed by atoms with E-state index in [1.807, 2.05) is 6.92 Å². The average Bonchev–Trinajstić information content (AvgIpc) is 3.11. The first-order valence-corrected chi connectivity index (χ1v) is 7.37. The van der Waals surface area contributed by atoms with Crippen LogP contribution in [0, 0.1) is 0 Å². The molecule has 1 aromatic heterocycles. The van der Waals surface area contributed by atoms with E-state index in [-0.39, 0.29) is 5.69 Å². The fourth-order valence-corrected chi connectivity index (χ4v) is 2.79. The van der Waals surface area contributed by atoms with E-state index in [0.717, 1.165) is 12.8 Å². The highest BCUT2D eigenvalue weighted by Crippen LogP contribution is 2.21. The summed E-state index contributed by atoms with van der Waals surface area (Å²) in [6, 6.07) is -0.147. The van der Waals surface area contributed by atoms with Crippen LogP contribution in [0.15, 0.2) is 9.95 Å². The molecule has 1 saturated carbocycles. The molecular formula is C11H18N4O3S. The minimum Gasteiger partial charge on any atom is -0.480 e. The number of rotatable bonds is 8. The van der Waals surface area contributed by atoms with Crippen LogP contribution in [0.2, 0.25) is 0 Å². The van der Waals surface area contributed by atoms with Gasteiger partial charge in [0.25, 0.3) is 0 Å². The Labute approximate surface area is 114 Å². The summed E-state index contributed by atoms with van der Waals surface area (Å²) >= 11 is 1.40. The molecule has 19 heavy (non-hydrogen) atoms. The number of aromatic amines is 1. The maximum Gasteiger partial charge on any atom is 0.343 e. The fraction of sp³-hybridized carbons (Fsp3) is 0.727. The third-order valence-electron chi connectivity index (χ3n) is 2.99. The summed E-state index contributed by atoms with van der Waals surface area (Å²) in [4.78, 5) is 22.4. The van der Waals surface area contributed by atoms with Gasteiger partial charge in [-0.2, -0.15) is 0 Å². The smallest absolute Gasteiger partial charge is 0.343 e. The monoisotopic (exact) mass is 286 g/mol. The van der Waals surface area contributed by atoms with Crippen molar-refractivity contribution < 1.29 is 9.90 Å². The molecule has 2 rings (SSSR count). The van der Waals surface area contributed by atoms with E-state index in [1.54, 1.807) is 0 Å². The van der Waals surface area contributed by atoms with Gasteiger partial charge in [0.05, 0.1) is 0 Å². The molecule has 1 aromatic rings. The minimum atomic E-state index is -0.817. The lowest BCUT2D eigenvalue weighted by Crippen LogP contribution is -2.38. The molecule has 1 aliphatic rings. The molecule has 3 N–H and O–H groups in total. The standard InChI is InChI=1S/C11H18N4O3S/c1-2-15-10(18)13-14-11(15)19-6-5-8(9(16)17)12-7-3-4-7/h7-8,12H,2-6H2,1H3,(H,13,18)(H,16,17). The maximum atomic E-state index is 11.4. The van der Waals surface area contributed by atoms with E-state index in [2.05, 4.69) is 15.5 Å². The summed E-state index contributed by atoms with van der Waals surface area (Å²) in [5.74, 6) is -0.205. The molecule has 1 fully saturated rings. The van der Waals surface area contributed by atoms with E-state index in [4.69, 9.17) is 5.11 Å². The first-order valence-electron chi connectivity index (χ1n) is 6.38. The van der Waals surface area contributed by atoms with Crippen molar-refractivity contribution in [3.8, 4) is 0 Å². The van der Waals surface area contributed by atoms with Gasteiger partial charge in [0.15, 0.2) is 5.16 Å². The summed E-state index contributed by atoms with van der Waals surface area (Å²) in [6.45, 7) is 2.43. The number of aromatic nitrogens is 3. The summed E-state index contributed by atoms with van der Waals surface area (Å²) in [7, 11) is 0. The number of hydrogen-bond acceptors (Lipinski definition) is 5. The first kappa shape index (κ1) is 14.1. The zero-order chi connectivity index (χ0) is 13.8. The van der Waals surface area contributed by atoms with Gasteiger partial charge in [-0.1, -0.05) is 11.8 Å². The number of carbonyl (C=O) groups is 1. The quantitative estimate of drug-likeness (QED) is 0.594. The van der Waals surface area contributed by atoms with Crippen LogP contribution in [0.1, 0.15) is 26.2 Å². The highest BCUT2D eigenvalue weighted by atomic mass is 32.2. The van der Waals surface area contributed by atoms with E-state index in [1.165, 1.54) is 16.3 Å². The minimum absolute atomic E-state index is 0.226. The Kier molecular flexibility index (Phi) is 4.65. The predicted molar refractivity (Wildman–Crippen MR) is 71.4 cm³/mol. The molecule has 7 nitrogen and oxygen atoms in total. The normalized spacial score (nSPS) is 16.5. The molecule has 0 spiro atoms. The van der Waals surface area contributed by atoms with E-state index in [0.29, 0.717) is 29.9 Å². The number of H-pyrrole nitrogens is 1. The number of aliphatic carboxylic acids is 1. The number of nitrogens with one attached hydrogen (secondary N) is 2. The third kappa shape index (κ3) is 3.84. The van der Waals surface area contributed by atoms with Crippen molar-refractivity contribution in [2.45, 2.75) is 50.0 Å². The number of carboxylic acids is 1. The fourth-order valence-electron chi connectivity index (χ4n) is 1.77. The molecule has 1 heterocycles. The van der Waals surface area contributed by atoms with Crippen LogP contribution in [-0.4, -0.2) is 43.7 Å². The highest BCUT2D eigenvalue weighted by Gasteiger charge is 2.27. The molecular weight excluding hydrogens is 268 g/mol. The van der Waals surface area contributed by atoms with Crippen LogP contribution in [0.25, 0.3) is 0 Å². The Morgan fingerprint density at radius 1 is 1.68 bits per heavy atom. The molecule has 0 aromatic carbocycles. The second kappa shape index (κ2) is 6.25. The number of nitrogens with zero attached hydrogens (tertiary/aromatic N) is 2. The Hall–Kier alpha value is -1.28. The van der Waals surface area contributed by atoms with Gasteiger partial charge >= 0.3 is 11.7 Å². The van der Waals surface area contributed by atoms with Crippen molar-refractivity contribution in [3.05, 3.63) is 10.5 Å². The predicted octanol–water partition coefficient (Wildman–Crippen LogP) is 0.279. The van der Waals surface area contributed by atoms with Crippen LogP contribution >= 0.6 is 11.8 Å². The summed E-state index contributed by atoms with van der Waals surface area (Å²) in [5.41, 5.74) is -0.226. The first-order chi connectivity index (χ1) is 9.11. The zero-order valence-electron chi connectivity index (χ0n) is 10.8. The number of carboxylic acid groups (broad SMARTS) is 1. The Balaban J connectivity index is 1.83. The SMILES string of the molecule is CCn1c(SCCC(NC2CC2)C(=O)O)n[nH]c1=O. The van der Waals surface area contributed by atoms with Crippen molar-refractivity contribution in [2.75, 3.05) is 5.75 Å². The van der Waals surface area contributed by atoms with Gasteiger partial charge in [-0.15, -0.1) is 5.10 Å². The van der Waals surface area contributed by atoms with Gasteiger partial charge in [-0.25, -0.2) is 9.89 Å². The molecule has 0 saturated heterocycles. The van der Waals surface area contributed by atoms with Gasteiger partial charge in [0.2, 0.25) is 0 Å². The molecule has 0 amide bonds. The summed E-state index contributed by atoms with van der Waals surface area (Å²) < 4.78 is 1.54. The van der Waals surface area contributed by atoms with Gasteiger partial charge in [0.1, 0.15) is 6.04 Å². The second-order valence-electron chi connectivity index (χ2n) is 4.52. The summed E-state index contributed by atoms with van der Waals surface area (Å²) in [6.07, 6.45) is 2.64. The molecule has 0 radical (unpaired) electrons. The summed E-state index contributed by atoms with van der Waals surface area (Å²) in [5, 5.41) is 19.1. The van der Waals surface area contributed by atoms with Crippen LogP contribution in [0.3, 0.4) is 0 Å². The molecule has 0 aliphatic heterocycles. The zero-order valence-corrected chi connectivity index (χ0v) is 11.6. The maximum absolute atomic E-state index is 11.4. The Morgan fingerprint density at radius 2 is 2.42 bits per heavy atom.